The van der Waals surface area contributed by atoms with Gasteiger partial charge in [-0.05, 0) is 6.42 Å². The van der Waals surface area contributed by atoms with Crippen LogP contribution in [0.5, 0.6) is 0 Å². The monoisotopic (exact) mass is 171 g/mol. The van der Waals surface area contributed by atoms with Crippen LogP contribution in [0.3, 0.4) is 0 Å². The summed E-state index contributed by atoms with van der Waals surface area (Å²) in [5, 5.41) is 9.21. The average molecular weight is 171 g/mol. The summed E-state index contributed by atoms with van der Waals surface area (Å²) < 4.78 is 0. The Kier molecular flexibility index (Phi) is 2.81. The normalized spacial score (nSPS) is 20.3. The number of hydrogen-bond donors (Lipinski definition) is 1. The lowest BCUT2D eigenvalue weighted by Gasteiger charge is -2.16. The van der Waals surface area contributed by atoms with Crippen molar-refractivity contribution in [1.29, 1.82) is 0 Å². The second-order valence-electron chi connectivity index (χ2n) is 2.96. The van der Waals surface area contributed by atoms with Crippen LogP contribution in [0.2, 0.25) is 0 Å². The van der Waals surface area contributed by atoms with Gasteiger partial charge in [-0.3, -0.25) is 14.5 Å². The van der Waals surface area contributed by atoms with E-state index in [1.165, 1.54) is 0 Å². The third kappa shape index (κ3) is 1.82. The molecule has 1 aliphatic rings. The van der Waals surface area contributed by atoms with Crippen molar-refractivity contribution < 1.29 is 14.7 Å². The first-order valence-electron chi connectivity index (χ1n) is 4.16. The van der Waals surface area contributed by atoms with Gasteiger partial charge in [-0.25, -0.2) is 0 Å². The van der Waals surface area contributed by atoms with Gasteiger partial charge in [0.2, 0.25) is 11.8 Å². The number of aliphatic hydroxyl groups is 1. The van der Waals surface area contributed by atoms with Crippen LogP contribution in [-0.4, -0.2) is 34.5 Å². The van der Waals surface area contributed by atoms with Crippen molar-refractivity contribution in [3.8, 4) is 0 Å². The summed E-state index contributed by atoms with van der Waals surface area (Å²) in [4.78, 5) is 23.2. The van der Waals surface area contributed by atoms with Crippen LogP contribution in [0, 0.1) is 0 Å². The molecule has 1 heterocycles. The lowest BCUT2D eigenvalue weighted by Crippen LogP contribution is -2.36. The molecule has 0 radical (unpaired) electrons. The van der Waals surface area contributed by atoms with Gasteiger partial charge in [0, 0.05) is 12.8 Å². The first-order chi connectivity index (χ1) is 5.65. The predicted octanol–water partition coefficient (Wildman–Crippen LogP) is -0.0937. The molecule has 1 rings (SSSR count). The van der Waals surface area contributed by atoms with Crippen LogP contribution >= 0.6 is 0 Å². The Hall–Kier alpha value is -0.900. The Morgan fingerprint density at radius 2 is 1.92 bits per heavy atom. The quantitative estimate of drug-likeness (QED) is 0.603. The molecule has 1 saturated heterocycles. The highest BCUT2D eigenvalue weighted by molar-refractivity contribution is 6.01. The third-order valence-electron chi connectivity index (χ3n) is 2.02. The molecule has 4 heteroatoms. The molecule has 1 fully saturated rings. The summed E-state index contributed by atoms with van der Waals surface area (Å²) in [6.45, 7) is 1.98. The van der Waals surface area contributed by atoms with Gasteiger partial charge in [0.05, 0.1) is 12.6 Å². The first kappa shape index (κ1) is 9.19. The molecule has 0 aromatic heterocycles. The summed E-state index contributed by atoms with van der Waals surface area (Å²) in [6, 6.07) is 0. The molecular weight excluding hydrogens is 158 g/mol. The maximum atomic E-state index is 11.0. The molecule has 1 unspecified atom stereocenters. The molecule has 2 amide bonds. The van der Waals surface area contributed by atoms with Gasteiger partial charge in [-0.15, -0.1) is 0 Å². The fraction of sp³-hybridized carbons (Fsp3) is 0.750. The van der Waals surface area contributed by atoms with Crippen LogP contribution in [0.4, 0.5) is 0 Å². The number of imide groups is 1. The van der Waals surface area contributed by atoms with Crippen molar-refractivity contribution in [3.05, 3.63) is 0 Å². The smallest absolute Gasteiger partial charge is 0.229 e. The molecule has 0 saturated carbocycles. The number of carbonyl (C=O) groups excluding carboxylic acids is 2. The van der Waals surface area contributed by atoms with Gasteiger partial charge in [0.1, 0.15) is 0 Å². The van der Waals surface area contributed by atoms with Crippen molar-refractivity contribution in [1.82, 2.24) is 4.90 Å². The van der Waals surface area contributed by atoms with Gasteiger partial charge in [-0.1, -0.05) is 6.92 Å². The molecule has 0 bridgehead atoms. The number of carbonyl (C=O) groups is 2. The molecular formula is C8H13NO3. The third-order valence-corrected chi connectivity index (χ3v) is 2.02. The van der Waals surface area contributed by atoms with Crippen molar-refractivity contribution in [2.24, 2.45) is 0 Å². The number of β-amino-alcohol motifs (C(OH)–C–C–N with tert-alkyl or cyclic N) is 1. The molecule has 4 nitrogen and oxygen atoms in total. The number of likely N-dealkylation sites (tertiary alicyclic amines) is 1. The van der Waals surface area contributed by atoms with E-state index in [0.29, 0.717) is 19.3 Å². The van der Waals surface area contributed by atoms with Gasteiger partial charge < -0.3 is 5.11 Å². The van der Waals surface area contributed by atoms with E-state index in [0.717, 1.165) is 4.90 Å². The number of rotatable bonds is 3. The number of hydrogen-bond acceptors (Lipinski definition) is 3. The lowest BCUT2D eigenvalue weighted by atomic mass is 10.2. The maximum Gasteiger partial charge on any atom is 0.229 e. The fourth-order valence-electron chi connectivity index (χ4n) is 1.17. The van der Waals surface area contributed by atoms with Crippen LogP contribution < -0.4 is 0 Å². The van der Waals surface area contributed by atoms with E-state index in [9.17, 15) is 14.7 Å². The summed E-state index contributed by atoms with van der Waals surface area (Å²) >= 11 is 0. The van der Waals surface area contributed by atoms with Crippen LogP contribution in [-0.2, 0) is 9.59 Å². The average Bonchev–Trinajstić information content (AvgIpc) is 2.35. The Balaban J connectivity index is 2.50. The maximum absolute atomic E-state index is 11.0. The van der Waals surface area contributed by atoms with E-state index >= 15 is 0 Å². The zero-order valence-electron chi connectivity index (χ0n) is 7.12. The van der Waals surface area contributed by atoms with E-state index in [1.807, 2.05) is 6.92 Å². The van der Waals surface area contributed by atoms with E-state index < -0.39 is 6.10 Å². The molecule has 0 aromatic rings. The summed E-state index contributed by atoms with van der Waals surface area (Å²) in [5.41, 5.74) is 0. The minimum Gasteiger partial charge on any atom is -0.391 e. The van der Waals surface area contributed by atoms with E-state index in [4.69, 9.17) is 0 Å². The van der Waals surface area contributed by atoms with Crippen molar-refractivity contribution in [2.75, 3.05) is 6.54 Å². The standard InChI is InChI=1S/C8H13NO3/c1-2-6(10)5-9-7(11)3-4-8(9)12/h6,10H,2-5H2,1H3. The Morgan fingerprint density at radius 3 is 2.33 bits per heavy atom. The zero-order chi connectivity index (χ0) is 9.14. The molecule has 1 N–H and O–H groups in total. The Labute approximate surface area is 71.2 Å². The predicted molar refractivity (Wildman–Crippen MR) is 42.3 cm³/mol. The SMILES string of the molecule is CCC(O)CN1C(=O)CCC1=O. The van der Waals surface area contributed by atoms with Crippen molar-refractivity contribution in [2.45, 2.75) is 32.3 Å². The summed E-state index contributed by atoms with van der Waals surface area (Å²) in [7, 11) is 0. The number of aliphatic hydroxyl groups excluding tert-OH is 1. The van der Waals surface area contributed by atoms with Gasteiger partial charge in [-0.2, -0.15) is 0 Å². The van der Waals surface area contributed by atoms with Crippen LogP contribution in [0.25, 0.3) is 0 Å². The molecule has 1 aliphatic heterocycles. The van der Waals surface area contributed by atoms with Crippen LogP contribution in [0.1, 0.15) is 26.2 Å². The minimum atomic E-state index is -0.573. The second-order valence-corrected chi connectivity index (χ2v) is 2.96. The molecule has 68 valence electrons. The summed E-state index contributed by atoms with van der Waals surface area (Å²) in [5.74, 6) is -0.319. The van der Waals surface area contributed by atoms with E-state index in [-0.39, 0.29) is 18.4 Å². The highest BCUT2D eigenvalue weighted by atomic mass is 16.3. The second kappa shape index (κ2) is 3.67. The van der Waals surface area contributed by atoms with E-state index in [1.54, 1.807) is 0 Å². The zero-order valence-corrected chi connectivity index (χ0v) is 7.12. The molecule has 1 atom stereocenters. The van der Waals surface area contributed by atoms with Crippen LogP contribution in [0.15, 0.2) is 0 Å². The highest BCUT2D eigenvalue weighted by Crippen LogP contribution is 2.12. The van der Waals surface area contributed by atoms with Crippen molar-refractivity contribution in [3.63, 3.8) is 0 Å². The summed E-state index contributed by atoms with van der Waals surface area (Å²) in [6.07, 6.45) is 0.595. The van der Waals surface area contributed by atoms with Gasteiger partial charge >= 0.3 is 0 Å². The molecule has 0 aliphatic carbocycles. The minimum absolute atomic E-state index is 0.160. The Bertz CT molecular complexity index is 186. The lowest BCUT2D eigenvalue weighted by molar-refractivity contribution is -0.140. The first-order valence-corrected chi connectivity index (χ1v) is 4.16. The molecule has 0 aromatic carbocycles. The number of amides is 2. The molecule has 12 heavy (non-hydrogen) atoms. The topological polar surface area (TPSA) is 57.6 Å². The fourth-order valence-corrected chi connectivity index (χ4v) is 1.17. The molecule has 0 spiro atoms. The Morgan fingerprint density at radius 1 is 1.42 bits per heavy atom. The van der Waals surface area contributed by atoms with Gasteiger partial charge in [0.25, 0.3) is 0 Å². The van der Waals surface area contributed by atoms with Crippen molar-refractivity contribution >= 4 is 11.8 Å². The largest absolute Gasteiger partial charge is 0.391 e. The number of nitrogens with zero attached hydrogens (tertiary/aromatic N) is 1. The van der Waals surface area contributed by atoms with Gasteiger partial charge in [0.15, 0.2) is 0 Å². The highest BCUT2D eigenvalue weighted by Gasteiger charge is 2.29. The van der Waals surface area contributed by atoms with E-state index in [2.05, 4.69) is 0 Å².